The molecule has 1 amide bonds. The lowest BCUT2D eigenvalue weighted by molar-refractivity contribution is -0.136. The number of hydrogen-bond acceptors (Lipinski definition) is 3. The van der Waals surface area contributed by atoms with E-state index in [9.17, 15) is 14.0 Å². The van der Waals surface area contributed by atoms with E-state index in [0.29, 0.717) is 0 Å². The lowest BCUT2D eigenvalue weighted by Gasteiger charge is -2.19. The number of anilines is 1. The molecule has 17 heavy (non-hydrogen) atoms. The molecule has 0 radical (unpaired) electrons. The molecule has 0 aliphatic carbocycles. The standard InChI is InChI=1S/C11H13FN2O3/c1-14(5-4-10(15)16)9-3-2-7(11(13)17)6-8(9)12/h2-3,6H,4-5H2,1H3,(H2,13,17)(H,15,16). The zero-order valence-electron chi connectivity index (χ0n) is 9.31. The molecule has 0 unspecified atom stereocenters. The number of carbonyl (C=O) groups is 2. The predicted octanol–water partition coefficient (Wildman–Crippen LogP) is 0.835. The summed E-state index contributed by atoms with van der Waals surface area (Å²) in [7, 11) is 1.57. The van der Waals surface area contributed by atoms with Gasteiger partial charge in [-0.15, -0.1) is 0 Å². The van der Waals surface area contributed by atoms with Gasteiger partial charge in [-0.1, -0.05) is 0 Å². The Hall–Kier alpha value is -2.11. The highest BCUT2D eigenvalue weighted by atomic mass is 19.1. The highest BCUT2D eigenvalue weighted by Gasteiger charge is 2.11. The molecule has 0 saturated carbocycles. The number of carbonyl (C=O) groups excluding carboxylic acids is 1. The van der Waals surface area contributed by atoms with Crippen molar-refractivity contribution in [3.8, 4) is 0 Å². The Bertz CT molecular complexity index is 448. The summed E-state index contributed by atoms with van der Waals surface area (Å²) in [6.07, 6.45) is -0.0898. The van der Waals surface area contributed by atoms with Crippen molar-refractivity contribution in [1.29, 1.82) is 0 Å². The second-order valence-electron chi connectivity index (χ2n) is 3.60. The minimum atomic E-state index is -0.953. The lowest BCUT2D eigenvalue weighted by Crippen LogP contribution is -2.22. The maximum atomic E-state index is 13.6. The Morgan fingerprint density at radius 3 is 2.59 bits per heavy atom. The van der Waals surface area contributed by atoms with Crippen molar-refractivity contribution in [2.45, 2.75) is 6.42 Å². The Morgan fingerprint density at radius 2 is 2.12 bits per heavy atom. The summed E-state index contributed by atoms with van der Waals surface area (Å²) in [5.74, 6) is -2.26. The molecule has 0 atom stereocenters. The minimum Gasteiger partial charge on any atom is -0.481 e. The zero-order chi connectivity index (χ0) is 13.0. The predicted molar refractivity (Wildman–Crippen MR) is 60.4 cm³/mol. The molecule has 6 heteroatoms. The van der Waals surface area contributed by atoms with Crippen molar-refractivity contribution < 1.29 is 19.1 Å². The Kier molecular flexibility index (Phi) is 4.03. The van der Waals surface area contributed by atoms with Crippen molar-refractivity contribution in [1.82, 2.24) is 0 Å². The summed E-state index contributed by atoms with van der Waals surface area (Å²) in [5.41, 5.74) is 5.32. The fourth-order valence-corrected chi connectivity index (χ4v) is 1.35. The van der Waals surface area contributed by atoms with E-state index in [0.717, 1.165) is 6.07 Å². The Labute approximate surface area is 97.6 Å². The first-order valence-electron chi connectivity index (χ1n) is 4.94. The van der Waals surface area contributed by atoms with Gasteiger partial charge in [-0.05, 0) is 18.2 Å². The van der Waals surface area contributed by atoms with Crippen LogP contribution in [0.5, 0.6) is 0 Å². The van der Waals surface area contributed by atoms with Crippen LogP contribution in [0.4, 0.5) is 10.1 Å². The summed E-state index contributed by atoms with van der Waals surface area (Å²) < 4.78 is 13.6. The van der Waals surface area contributed by atoms with E-state index in [1.54, 1.807) is 7.05 Å². The summed E-state index contributed by atoms with van der Waals surface area (Å²) in [6, 6.07) is 3.84. The van der Waals surface area contributed by atoms with E-state index in [1.807, 2.05) is 0 Å². The van der Waals surface area contributed by atoms with Gasteiger partial charge < -0.3 is 15.7 Å². The molecule has 1 rings (SSSR count). The molecule has 0 bridgehead atoms. The Morgan fingerprint density at radius 1 is 1.47 bits per heavy atom. The molecule has 1 aromatic carbocycles. The topological polar surface area (TPSA) is 83.6 Å². The highest BCUT2D eigenvalue weighted by Crippen LogP contribution is 2.19. The third-order valence-corrected chi connectivity index (χ3v) is 2.30. The first-order chi connectivity index (χ1) is 7.91. The smallest absolute Gasteiger partial charge is 0.305 e. The molecule has 0 aliphatic heterocycles. The number of benzene rings is 1. The summed E-state index contributed by atoms with van der Waals surface area (Å²) in [6.45, 7) is 0.183. The van der Waals surface area contributed by atoms with Crippen LogP contribution in [0.15, 0.2) is 18.2 Å². The maximum Gasteiger partial charge on any atom is 0.305 e. The van der Waals surface area contributed by atoms with E-state index in [4.69, 9.17) is 10.8 Å². The van der Waals surface area contributed by atoms with Crippen LogP contribution in [0.25, 0.3) is 0 Å². The second-order valence-corrected chi connectivity index (χ2v) is 3.60. The van der Waals surface area contributed by atoms with Crippen LogP contribution in [0, 0.1) is 5.82 Å². The first kappa shape index (κ1) is 13.0. The molecule has 0 heterocycles. The summed E-state index contributed by atoms with van der Waals surface area (Å²) in [5, 5.41) is 8.51. The van der Waals surface area contributed by atoms with Gasteiger partial charge in [0.2, 0.25) is 5.91 Å². The number of primary amides is 1. The molecule has 0 aromatic heterocycles. The molecule has 92 valence electrons. The third-order valence-electron chi connectivity index (χ3n) is 2.30. The van der Waals surface area contributed by atoms with Crippen LogP contribution < -0.4 is 10.6 Å². The number of hydrogen-bond donors (Lipinski definition) is 2. The van der Waals surface area contributed by atoms with Crippen LogP contribution in [0.2, 0.25) is 0 Å². The molecule has 0 fully saturated rings. The number of halogens is 1. The van der Waals surface area contributed by atoms with Gasteiger partial charge in [-0.3, -0.25) is 9.59 Å². The molecule has 0 saturated heterocycles. The molecular weight excluding hydrogens is 227 g/mol. The number of amides is 1. The van der Waals surface area contributed by atoms with Crippen molar-refractivity contribution >= 4 is 17.6 Å². The van der Waals surface area contributed by atoms with Crippen LogP contribution in [0.1, 0.15) is 16.8 Å². The number of nitrogens with zero attached hydrogens (tertiary/aromatic N) is 1. The fourth-order valence-electron chi connectivity index (χ4n) is 1.35. The van der Waals surface area contributed by atoms with Gasteiger partial charge in [0.25, 0.3) is 0 Å². The summed E-state index contributed by atoms with van der Waals surface area (Å²) in [4.78, 5) is 22.7. The third kappa shape index (κ3) is 3.44. The van der Waals surface area contributed by atoms with E-state index in [-0.39, 0.29) is 24.2 Å². The average Bonchev–Trinajstić information content (AvgIpc) is 2.25. The van der Waals surface area contributed by atoms with Crippen LogP contribution in [0.3, 0.4) is 0 Å². The van der Waals surface area contributed by atoms with Gasteiger partial charge in [-0.25, -0.2) is 4.39 Å². The van der Waals surface area contributed by atoms with E-state index in [2.05, 4.69) is 0 Å². The maximum absolute atomic E-state index is 13.6. The van der Waals surface area contributed by atoms with Crippen molar-refractivity contribution in [2.24, 2.45) is 5.73 Å². The lowest BCUT2D eigenvalue weighted by atomic mass is 10.1. The quantitative estimate of drug-likeness (QED) is 0.798. The zero-order valence-corrected chi connectivity index (χ0v) is 9.31. The number of carboxylic acid groups (broad SMARTS) is 1. The average molecular weight is 240 g/mol. The highest BCUT2D eigenvalue weighted by molar-refractivity contribution is 5.93. The van der Waals surface area contributed by atoms with Crippen molar-refractivity contribution in [3.63, 3.8) is 0 Å². The SMILES string of the molecule is CN(CCC(=O)O)c1ccc(C(N)=O)cc1F. The molecule has 0 spiro atoms. The second kappa shape index (κ2) is 5.29. The van der Waals surface area contributed by atoms with Gasteiger partial charge in [0.15, 0.2) is 0 Å². The van der Waals surface area contributed by atoms with Crippen molar-refractivity contribution in [3.05, 3.63) is 29.6 Å². The molecule has 1 aromatic rings. The number of nitrogens with two attached hydrogens (primary N) is 1. The van der Waals surface area contributed by atoms with Gasteiger partial charge >= 0.3 is 5.97 Å². The summed E-state index contributed by atoms with van der Waals surface area (Å²) >= 11 is 0. The van der Waals surface area contributed by atoms with E-state index in [1.165, 1.54) is 17.0 Å². The van der Waals surface area contributed by atoms with E-state index >= 15 is 0 Å². The molecule has 0 aliphatic rings. The molecule has 3 N–H and O–H groups in total. The van der Waals surface area contributed by atoms with Crippen LogP contribution >= 0.6 is 0 Å². The number of carboxylic acids is 1. The minimum absolute atomic E-state index is 0.0814. The molecule has 5 nitrogen and oxygen atoms in total. The number of aliphatic carboxylic acids is 1. The first-order valence-corrected chi connectivity index (χ1v) is 4.94. The van der Waals surface area contributed by atoms with E-state index < -0.39 is 17.7 Å². The van der Waals surface area contributed by atoms with Gasteiger partial charge in [0.1, 0.15) is 5.82 Å². The monoisotopic (exact) mass is 240 g/mol. The van der Waals surface area contributed by atoms with Gasteiger partial charge in [-0.2, -0.15) is 0 Å². The van der Waals surface area contributed by atoms with Gasteiger partial charge in [0.05, 0.1) is 12.1 Å². The number of rotatable bonds is 5. The normalized spacial score (nSPS) is 10.0. The van der Waals surface area contributed by atoms with Crippen molar-refractivity contribution in [2.75, 3.05) is 18.5 Å². The molecular formula is C11H13FN2O3. The Balaban J connectivity index is 2.84. The van der Waals surface area contributed by atoms with Crippen LogP contribution in [-0.4, -0.2) is 30.6 Å². The van der Waals surface area contributed by atoms with Crippen LogP contribution in [-0.2, 0) is 4.79 Å². The van der Waals surface area contributed by atoms with Gasteiger partial charge in [0, 0.05) is 19.2 Å². The largest absolute Gasteiger partial charge is 0.481 e. The fraction of sp³-hybridized carbons (Fsp3) is 0.273.